The van der Waals surface area contributed by atoms with Crippen LogP contribution in [0.3, 0.4) is 0 Å². The summed E-state index contributed by atoms with van der Waals surface area (Å²) in [6.45, 7) is 2.16. The van der Waals surface area contributed by atoms with Crippen LogP contribution in [0.15, 0.2) is 54.6 Å². The molecule has 0 fully saturated rings. The molecule has 0 aliphatic rings. The average molecular weight is 321 g/mol. The maximum Gasteiger partial charge on any atom is 0.338 e. The van der Waals surface area contributed by atoms with E-state index in [1.165, 1.54) is 6.42 Å². The van der Waals surface area contributed by atoms with Gasteiger partial charge >= 0.3 is 5.97 Å². The van der Waals surface area contributed by atoms with Gasteiger partial charge in [0.2, 0.25) is 0 Å². The van der Waals surface area contributed by atoms with E-state index in [4.69, 9.17) is 4.74 Å². The van der Waals surface area contributed by atoms with E-state index in [0.29, 0.717) is 11.1 Å². The van der Waals surface area contributed by atoms with Gasteiger partial charge in [-0.2, -0.15) is 5.26 Å². The van der Waals surface area contributed by atoms with E-state index in [9.17, 15) is 10.1 Å². The summed E-state index contributed by atoms with van der Waals surface area (Å²) in [4.78, 5) is 12.4. The minimum Gasteiger partial charge on any atom is -0.454 e. The number of unbranched alkanes of at least 4 members (excludes halogenated alkanes) is 3. The van der Waals surface area contributed by atoms with Crippen molar-refractivity contribution in [3.05, 3.63) is 71.3 Å². The van der Waals surface area contributed by atoms with E-state index >= 15 is 0 Å². The largest absolute Gasteiger partial charge is 0.454 e. The van der Waals surface area contributed by atoms with Gasteiger partial charge in [-0.1, -0.05) is 62.6 Å². The van der Waals surface area contributed by atoms with Crippen LogP contribution in [0.2, 0.25) is 0 Å². The molecule has 0 amide bonds. The molecule has 0 spiro atoms. The topological polar surface area (TPSA) is 50.1 Å². The first-order valence-electron chi connectivity index (χ1n) is 8.51. The molecule has 3 heteroatoms. The Morgan fingerprint density at radius 1 is 1.04 bits per heavy atom. The van der Waals surface area contributed by atoms with E-state index < -0.39 is 0 Å². The number of carbonyl (C=O) groups is 1. The second-order valence-corrected chi connectivity index (χ2v) is 5.81. The number of esters is 1. The van der Waals surface area contributed by atoms with Crippen molar-refractivity contribution in [2.45, 2.75) is 45.1 Å². The van der Waals surface area contributed by atoms with E-state index in [2.05, 4.69) is 13.0 Å². The Hall–Kier alpha value is -2.60. The fraction of sp³-hybridized carbons (Fsp3) is 0.333. The summed E-state index contributed by atoms with van der Waals surface area (Å²) >= 11 is 0. The average Bonchev–Trinajstić information content (AvgIpc) is 2.64. The van der Waals surface area contributed by atoms with Crippen LogP contribution < -0.4 is 0 Å². The van der Waals surface area contributed by atoms with Crippen LogP contribution in [-0.2, 0) is 4.74 Å². The van der Waals surface area contributed by atoms with Crippen LogP contribution in [0.4, 0.5) is 0 Å². The number of carbonyl (C=O) groups excluding carboxylic acids is 1. The van der Waals surface area contributed by atoms with Gasteiger partial charge in [-0.15, -0.1) is 0 Å². The summed E-state index contributed by atoms with van der Waals surface area (Å²) in [6, 6.07) is 18.5. The van der Waals surface area contributed by atoms with Crippen molar-refractivity contribution in [1.29, 1.82) is 5.26 Å². The molecule has 0 aromatic heterocycles. The van der Waals surface area contributed by atoms with Gasteiger partial charge in [0.15, 0.2) is 0 Å². The number of benzene rings is 2. The van der Waals surface area contributed by atoms with Crippen LogP contribution in [0.25, 0.3) is 0 Å². The SMILES string of the molecule is CCCCCCC(OC(=O)c1ccccc1)c1ccccc1C#N. The smallest absolute Gasteiger partial charge is 0.338 e. The Morgan fingerprint density at radius 2 is 1.75 bits per heavy atom. The zero-order valence-corrected chi connectivity index (χ0v) is 14.1. The van der Waals surface area contributed by atoms with Crippen LogP contribution in [0.1, 0.15) is 66.6 Å². The quantitative estimate of drug-likeness (QED) is 0.481. The zero-order chi connectivity index (χ0) is 17.2. The van der Waals surface area contributed by atoms with Gasteiger partial charge in [0.1, 0.15) is 6.10 Å². The third-order valence-electron chi connectivity index (χ3n) is 4.01. The van der Waals surface area contributed by atoms with Crippen molar-refractivity contribution in [2.24, 2.45) is 0 Å². The molecular formula is C21H23NO2. The first-order chi connectivity index (χ1) is 11.8. The highest BCUT2D eigenvalue weighted by Gasteiger charge is 2.20. The lowest BCUT2D eigenvalue weighted by Gasteiger charge is -2.19. The molecule has 124 valence electrons. The summed E-state index contributed by atoms with van der Waals surface area (Å²) in [6.07, 6.45) is 4.75. The van der Waals surface area contributed by atoms with Crippen molar-refractivity contribution >= 4 is 5.97 Å². The van der Waals surface area contributed by atoms with Crippen LogP contribution in [-0.4, -0.2) is 5.97 Å². The van der Waals surface area contributed by atoms with Crippen LogP contribution in [0, 0.1) is 11.3 Å². The Labute approximate surface area is 143 Å². The molecule has 2 aromatic carbocycles. The fourth-order valence-corrected chi connectivity index (χ4v) is 2.69. The Kier molecular flexibility index (Phi) is 7.04. The lowest BCUT2D eigenvalue weighted by atomic mass is 9.98. The fourth-order valence-electron chi connectivity index (χ4n) is 2.69. The van der Waals surface area contributed by atoms with Crippen molar-refractivity contribution in [2.75, 3.05) is 0 Å². The molecule has 0 radical (unpaired) electrons. The number of ether oxygens (including phenoxy) is 1. The van der Waals surface area contributed by atoms with E-state index in [1.807, 2.05) is 36.4 Å². The molecule has 24 heavy (non-hydrogen) atoms. The maximum atomic E-state index is 12.4. The van der Waals surface area contributed by atoms with Gasteiger partial charge < -0.3 is 4.74 Å². The van der Waals surface area contributed by atoms with Gasteiger partial charge in [0.05, 0.1) is 17.2 Å². The molecule has 2 rings (SSSR count). The molecule has 2 aromatic rings. The lowest BCUT2D eigenvalue weighted by Crippen LogP contribution is -2.13. The Balaban J connectivity index is 2.16. The minimum absolute atomic E-state index is 0.344. The molecule has 1 unspecified atom stereocenters. The highest BCUT2D eigenvalue weighted by Crippen LogP contribution is 2.28. The van der Waals surface area contributed by atoms with Gasteiger partial charge in [-0.3, -0.25) is 0 Å². The number of rotatable bonds is 8. The van der Waals surface area contributed by atoms with Gasteiger partial charge in [0.25, 0.3) is 0 Å². The van der Waals surface area contributed by atoms with Gasteiger partial charge in [-0.25, -0.2) is 4.79 Å². The number of hydrogen-bond acceptors (Lipinski definition) is 3. The minimum atomic E-state index is -0.384. The summed E-state index contributed by atoms with van der Waals surface area (Å²) in [5.74, 6) is -0.344. The van der Waals surface area contributed by atoms with Crippen molar-refractivity contribution in [3.63, 3.8) is 0 Å². The molecule has 1 atom stereocenters. The highest BCUT2D eigenvalue weighted by molar-refractivity contribution is 5.89. The molecule has 0 aliphatic carbocycles. The third-order valence-corrected chi connectivity index (χ3v) is 4.01. The summed E-state index contributed by atoms with van der Waals surface area (Å²) < 4.78 is 5.76. The summed E-state index contributed by atoms with van der Waals surface area (Å²) in [7, 11) is 0. The number of hydrogen-bond donors (Lipinski definition) is 0. The van der Waals surface area contributed by atoms with E-state index in [0.717, 1.165) is 31.2 Å². The molecule has 3 nitrogen and oxygen atoms in total. The van der Waals surface area contributed by atoms with Crippen molar-refractivity contribution in [1.82, 2.24) is 0 Å². The molecule has 0 bridgehead atoms. The third kappa shape index (κ3) is 4.96. The molecule has 0 aliphatic heterocycles. The highest BCUT2D eigenvalue weighted by atomic mass is 16.5. The second-order valence-electron chi connectivity index (χ2n) is 5.81. The predicted molar refractivity (Wildman–Crippen MR) is 94.5 cm³/mol. The molecule has 0 N–H and O–H groups in total. The van der Waals surface area contributed by atoms with E-state index in [-0.39, 0.29) is 12.1 Å². The van der Waals surface area contributed by atoms with Crippen LogP contribution in [0.5, 0.6) is 0 Å². The number of nitrogens with zero attached hydrogens (tertiary/aromatic N) is 1. The zero-order valence-electron chi connectivity index (χ0n) is 14.1. The Morgan fingerprint density at radius 3 is 2.46 bits per heavy atom. The van der Waals surface area contributed by atoms with Crippen LogP contribution >= 0.6 is 0 Å². The molecule has 0 saturated heterocycles. The maximum absolute atomic E-state index is 12.4. The molecule has 0 saturated carbocycles. The monoisotopic (exact) mass is 321 g/mol. The van der Waals surface area contributed by atoms with Crippen molar-refractivity contribution in [3.8, 4) is 6.07 Å². The summed E-state index contributed by atoms with van der Waals surface area (Å²) in [5.41, 5.74) is 1.89. The normalized spacial score (nSPS) is 11.5. The first-order valence-corrected chi connectivity index (χ1v) is 8.51. The predicted octanol–water partition coefficient (Wildman–Crippen LogP) is 5.43. The first kappa shape index (κ1) is 17.7. The van der Waals surface area contributed by atoms with Crippen molar-refractivity contribution < 1.29 is 9.53 Å². The summed E-state index contributed by atoms with van der Waals surface area (Å²) in [5, 5.41) is 9.34. The second kappa shape index (κ2) is 9.52. The van der Waals surface area contributed by atoms with E-state index in [1.54, 1.807) is 18.2 Å². The van der Waals surface area contributed by atoms with Gasteiger partial charge in [0, 0.05) is 5.56 Å². The van der Waals surface area contributed by atoms with Gasteiger partial charge in [-0.05, 0) is 31.0 Å². The lowest BCUT2D eigenvalue weighted by molar-refractivity contribution is 0.0270. The number of nitriles is 1. The Bertz CT molecular complexity index is 688. The standard InChI is InChI=1S/C21H23NO2/c1-2-3-4-8-15-20(19-14-10-9-13-18(19)16-22)24-21(23)17-11-6-5-7-12-17/h5-7,9-14,20H,2-4,8,15H2,1H3. The molecule has 0 heterocycles. The molecular weight excluding hydrogens is 298 g/mol.